The number of nitrogens with zero attached hydrogens (tertiary/aromatic N) is 1. The molecule has 3 heteroatoms. The first-order valence-corrected chi connectivity index (χ1v) is 7.42. The third kappa shape index (κ3) is 2.29. The molecule has 0 fully saturated rings. The fourth-order valence-corrected chi connectivity index (χ4v) is 2.84. The van der Waals surface area contributed by atoms with Crippen LogP contribution < -0.4 is 4.74 Å². The van der Waals surface area contributed by atoms with E-state index < -0.39 is 0 Å². The van der Waals surface area contributed by atoms with Crippen molar-refractivity contribution < 1.29 is 9.53 Å². The second-order valence-corrected chi connectivity index (χ2v) is 5.43. The van der Waals surface area contributed by atoms with Gasteiger partial charge >= 0.3 is 0 Å². The molecule has 0 aliphatic heterocycles. The highest BCUT2D eigenvalue weighted by molar-refractivity contribution is 5.90. The molecule has 3 rings (SSSR count). The molecular weight excluding hydrogens is 274 g/mol. The van der Waals surface area contributed by atoms with Crippen LogP contribution in [0.1, 0.15) is 28.5 Å². The lowest BCUT2D eigenvalue weighted by Crippen LogP contribution is -1.95. The highest BCUT2D eigenvalue weighted by Gasteiger charge is 2.14. The van der Waals surface area contributed by atoms with Crippen molar-refractivity contribution in [3.63, 3.8) is 0 Å². The van der Waals surface area contributed by atoms with E-state index in [9.17, 15) is 4.79 Å². The van der Waals surface area contributed by atoms with Gasteiger partial charge in [0.1, 0.15) is 5.75 Å². The van der Waals surface area contributed by atoms with Crippen LogP contribution >= 0.6 is 0 Å². The van der Waals surface area contributed by atoms with Gasteiger partial charge in [-0.1, -0.05) is 19.1 Å². The van der Waals surface area contributed by atoms with Gasteiger partial charge in [-0.3, -0.25) is 4.79 Å². The Bertz CT molecular complexity index is 846. The molecule has 1 aromatic carbocycles. The van der Waals surface area contributed by atoms with Crippen LogP contribution in [0.15, 0.2) is 42.6 Å². The number of rotatable bonds is 4. The molecule has 3 nitrogen and oxygen atoms in total. The van der Waals surface area contributed by atoms with Crippen molar-refractivity contribution in [2.45, 2.75) is 20.3 Å². The Morgan fingerprint density at radius 2 is 1.95 bits per heavy atom. The fraction of sp³-hybridized carbons (Fsp3) is 0.211. The maximum absolute atomic E-state index is 11.7. The van der Waals surface area contributed by atoms with E-state index in [2.05, 4.69) is 25.1 Å². The SMILES string of the molecule is CCc1ccc2cc(-c3ccc(OC)cc3C)c(C=O)n2c1. The van der Waals surface area contributed by atoms with Gasteiger partial charge in [0.15, 0.2) is 6.29 Å². The van der Waals surface area contributed by atoms with Crippen molar-refractivity contribution in [2.24, 2.45) is 0 Å². The number of carbonyl (C=O) groups excluding carboxylic acids is 1. The number of aromatic nitrogens is 1. The zero-order valence-electron chi connectivity index (χ0n) is 13.1. The van der Waals surface area contributed by atoms with E-state index in [0.717, 1.165) is 40.7 Å². The monoisotopic (exact) mass is 293 g/mol. The minimum Gasteiger partial charge on any atom is -0.497 e. The molecule has 2 aromatic heterocycles. The predicted molar refractivity (Wildman–Crippen MR) is 88.9 cm³/mol. The lowest BCUT2D eigenvalue weighted by Gasteiger charge is -2.08. The van der Waals surface area contributed by atoms with Crippen molar-refractivity contribution in [3.05, 3.63) is 59.4 Å². The van der Waals surface area contributed by atoms with Gasteiger partial charge in [-0.25, -0.2) is 0 Å². The molecule has 0 aliphatic rings. The Hall–Kier alpha value is -2.55. The van der Waals surface area contributed by atoms with Crippen molar-refractivity contribution >= 4 is 11.8 Å². The second-order valence-electron chi connectivity index (χ2n) is 5.43. The third-order valence-corrected chi connectivity index (χ3v) is 4.11. The molecule has 112 valence electrons. The summed E-state index contributed by atoms with van der Waals surface area (Å²) in [6.45, 7) is 4.14. The van der Waals surface area contributed by atoms with Crippen LogP contribution in [-0.4, -0.2) is 17.8 Å². The Balaban J connectivity index is 2.24. The second kappa shape index (κ2) is 5.68. The number of hydrogen-bond donors (Lipinski definition) is 0. The summed E-state index contributed by atoms with van der Waals surface area (Å²) in [4.78, 5) is 11.7. The number of carbonyl (C=O) groups is 1. The van der Waals surface area contributed by atoms with Gasteiger partial charge < -0.3 is 9.14 Å². The van der Waals surface area contributed by atoms with Gasteiger partial charge in [0, 0.05) is 17.3 Å². The van der Waals surface area contributed by atoms with Crippen LogP contribution in [0.4, 0.5) is 0 Å². The summed E-state index contributed by atoms with van der Waals surface area (Å²) in [6, 6.07) is 12.2. The molecule has 0 aliphatic carbocycles. The number of fused-ring (bicyclic) bond motifs is 1. The van der Waals surface area contributed by atoms with Gasteiger partial charge in [-0.15, -0.1) is 0 Å². The number of aryl methyl sites for hydroxylation is 2. The van der Waals surface area contributed by atoms with Crippen LogP contribution in [0.25, 0.3) is 16.6 Å². The van der Waals surface area contributed by atoms with Gasteiger partial charge in [0.25, 0.3) is 0 Å². The van der Waals surface area contributed by atoms with Crippen LogP contribution in [-0.2, 0) is 6.42 Å². The number of aldehydes is 1. The molecule has 22 heavy (non-hydrogen) atoms. The molecule has 0 spiro atoms. The van der Waals surface area contributed by atoms with Gasteiger partial charge in [-0.05, 0) is 54.3 Å². The number of hydrogen-bond acceptors (Lipinski definition) is 2. The lowest BCUT2D eigenvalue weighted by atomic mass is 10.0. The average Bonchev–Trinajstić information content (AvgIpc) is 2.91. The maximum Gasteiger partial charge on any atom is 0.167 e. The Labute approximate surface area is 130 Å². The van der Waals surface area contributed by atoms with Gasteiger partial charge in [-0.2, -0.15) is 0 Å². The molecule has 0 bridgehead atoms. The smallest absolute Gasteiger partial charge is 0.167 e. The predicted octanol–water partition coefficient (Wildman–Crippen LogP) is 4.30. The number of benzene rings is 1. The standard InChI is InChI=1S/C19H19NO2/c1-4-14-5-6-15-10-18(19(12-21)20(15)11-14)17-8-7-16(22-3)9-13(17)2/h5-12H,4H2,1-3H3. The Morgan fingerprint density at radius 3 is 2.59 bits per heavy atom. The van der Waals surface area contributed by atoms with E-state index in [4.69, 9.17) is 4.74 Å². The summed E-state index contributed by atoms with van der Waals surface area (Å²) in [5.74, 6) is 0.825. The molecule has 0 amide bonds. The first kappa shape index (κ1) is 14.4. The lowest BCUT2D eigenvalue weighted by molar-refractivity contribution is 0.111. The average molecular weight is 293 g/mol. The van der Waals surface area contributed by atoms with Gasteiger partial charge in [0.05, 0.1) is 12.8 Å². The van der Waals surface area contributed by atoms with Crippen molar-refractivity contribution in [3.8, 4) is 16.9 Å². The van der Waals surface area contributed by atoms with Crippen molar-refractivity contribution in [1.29, 1.82) is 0 Å². The van der Waals surface area contributed by atoms with Crippen molar-refractivity contribution in [1.82, 2.24) is 4.40 Å². The van der Waals surface area contributed by atoms with E-state index >= 15 is 0 Å². The number of methoxy groups -OCH3 is 1. The molecule has 0 atom stereocenters. The van der Waals surface area contributed by atoms with E-state index in [1.54, 1.807) is 7.11 Å². The van der Waals surface area contributed by atoms with Crippen LogP contribution in [0.2, 0.25) is 0 Å². The first-order valence-electron chi connectivity index (χ1n) is 7.42. The zero-order valence-corrected chi connectivity index (χ0v) is 13.1. The summed E-state index contributed by atoms with van der Waals surface area (Å²) in [7, 11) is 1.66. The molecule has 0 unspecified atom stereocenters. The molecule has 0 saturated carbocycles. The summed E-state index contributed by atoms with van der Waals surface area (Å²) in [6.07, 6.45) is 3.93. The molecule has 2 heterocycles. The largest absolute Gasteiger partial charge is 0.497 e. The normalized spacial score (nSPS) is 10.9. The van der Waals surface area contributed by atoms with Gasteiger partial charge in [0.2, 0.25) is 0 Å². The van der Waals surface area contributed by atoms with E-state index in [0.29, 0.717) is 5.69 Å². The number of ether oxygens (including phenoxy) is 1. The first-order chi connectivity index (χ1) is 10.7. The highest BCUT2D eigenvalue weighted by Crippen LogP contribution is 2.31. The Morgan fingerprint density at radius 1 is 1.14 bits per heavy atom. The minimum absolute atomic E-state index is 0.693. The van der Waals surface area contributed by atoms with Crippen LogP contribution in [0.5, 0.6) is 5.75 Å². The third-order valence-electron chi connectivity index (χ3n) is 4.11. The molecule has 3 aromatic rings. The Kier molecular flexibility index (Phi) is 3.72. The molecule has 0 radical (unpaired) electrons. The summed E-state index contributed by atoms with van der Waals surface area (Å²) < 4.78 is 7.23. The molecular formula is C19H19NO2. The highest BCUT2D eigenvalue weighted by atomic mass is 16.5. The summed E-state index contributed by atoms with van der Waals surface area (Å²) in [5, 5.41) is 0. The van der Waals surface area contributed by atoms with E-state index in [1.807, 2.05) is 35.7 Å². The maximum atomic E-state index is 11.7. The summed E-state index contributed by atoms with van der Waals surface area (Å²) >= 11 is 0. The topological polar surface area (TPSA) is 30.7 Å². The van der Waals surface area contributed by atoms with E-state index in [1.165, 1.54) is 5.56 Å². The molecule has 0 saturated heterocycles. The van der Waals surface area contributed by atoms with Crippen LogP contribution in [0.3, 0.4) is 0 Å². The van der Waals surface area contributed by atoms with E-state index in [-0.39, 0.29) is 0 Å². The minimum atomic E-state index is 0.693. The molecule has 0 N–H and O–H groups in total. The summed E-state index contributed by atoms with van der Waals surface area (Å²) in [5.41, 5.74) is 6.05. The fourth-order valence-electron chi connectivity index (χ4n) is 2.84. The number of pyridine rings is 1. The quantitative estimate of drug-likeness (QED) is 0.671. The van der Waals surface area contributed by atoms with Crippen molar-refractivity contribution in [2.75, 3.05) is 7.11 Å². The van der Waals surface area contributed by atoms with Crippen LogP contribution in [0, 0.1) is 6.92 Å². The zero-order chi connectivity index (χ0) is 15.7.